The second-order valence-corrected chi connectivity index (χ2v) is 3.43. The maximum atomic E-state index is 8.00. The summed E-state index contributed by atoms with van der Waals surface area (Å²) in [6.45, 7) is 12.5. The van der Waals surface area contributed by atoms with Crippen LogP contribution >= 0.6 is 0 Å². The van der Waals surface area contributed by atoms with E-state index in [1.807, 2.05) is 32.5 Å². The molecule has 0 saturated heterocycles. The van der Waals surface area contributed by atoms with Crippen LogP contribution in [-0.4, -0.2) is 20.4 Å². The van der Waals surface area contributed by atoms with Crippen molar-refractivity contribution >= 4 is 20.4 Å². The molecule has 0 fully saturated rings. The second kappa shape index (κ2) is 57.7. The third kappa shape index (κ3) is 58.8. The third-order valence-corrected chi connectivity index (χ3v) is 1.96. The number of allylic oxidation sites excluding steroid dienone is 9. The van der Waals surface area contributed by atoms with E-state index in [0.717, 1.165) is 6.42 Å². The molecule has 5 heteroatoms. The van der Waals surface area contributed by atoms with Gasteiger partial charge >= 0.3 is 0 Å². The molecule has 0 aliphatic heterocycles. The zero-order valence-corrected chi connectivity index (χ0v) is 16.2. The largest absolute Gasteiger partial charge is 0.307 e. The molecule has 2 rings (SSSR count). The molecule has 142 valence electrons. The van der Waals surface area contributed by atoms with Gasteiger partial charge in [0.25, 0.3) is 0 Å². The van der Waals surface area contributed by atoms with Crippen molar-refractivity contribution in [3.63, 3.8) is 0 Å². The van der Waals surface area contributed by atoms with E-state index in [9.17, 15) is 0 Å². The van der Waals surface area contributed by atoms with Gasteiger partial charge in [-0.05, 0) is 25.7 Å². The van der Waals surface area contributed by atoms with Gasteiger partial charge in [0.2, 0.25) is 0 Å². The fraction of sp³-hybridized carbons (Fsp3) is 0.263. The minimum atomic E-state index is 0. The fourth-order valence-electron chi connectivity index (χ4n) is 1.21. The van der Waals surface area contributed by atoms with Gasteiger partial charge in [-0.1, -0.05) is 24.3 Å². The van der Waals surface area contributed by atoms with Crippen molar-refractivity contribution in [2.24, 2.45) is 0 Å². The average molecular weight is 422 g/mol. The number of carbonyl (C=O) groups excluding carboxylic acids is 3. The number of rotatable bonds is 0. The molecule has 0 aromatic heterocycles. The van der Waals surface area contributed by atoms with Crippen molar-refractivity contribution in [3.8, 4) is 0 Å². The van der Waals surface area contributed by atoms with Crippen molar-refractivity contribution in [2.45, 2.75) is 32.1 Å². The number of hydrogen-bond donors (Lipinski definition) is 0. The number of carbonyl (C=O) groups is 3. The Bertz CT molecular complexity index is 283. The summed E-state index contributed by atoms with van der Waals surface area (Å²) < 4.78 is 0. The predicted molar refractivity (Wildman–Crippen MR) is 95.2 cm³/mol. The zero-order chi connectivity index (χ0) is 17.9. The molecule has 24 heavy (non-hydrogen) atoms. The van der Waals surface area contributed by atoms with Crippen LogP contribution in [0.25, 0.3) is 0 Å². The average Bonchev–Trinajstić information content (AvgIpc) is 3.13. The SMILES string of the molecule is C1=CCCCCC=C1.C=C[CH2-].C=O.C=O.C=O.[C-]1=CC=CC1.[Co].[Co]. The maximum absolute atomic E-state index is 8.00. The van der Waals surface area contributed by atoms with Crippen LogP contribution < -0.4 is 0 Å². The van der Waals surface area contributed by atoms with Crippen LogP contribution in [0.5, 0.6) is 0 Å². The predicted octanol–water partition coefficient (Wildman–Crippen LogP) is 4.43. The van der Waals surface area contributed by atoms with E-state index in [1.165, 1.54) is 31.8 Å². The van der Waals surface area contributed by atoms with Crippen molar-refractivity contribution in [2.75, 3.05) is 0 Å². The first kappa shape index (κ1) is 38.3. The Morgan fingerprint density at radius 1 is 0.792 bits per heavy atom. The van der Waals surface area contributed by atoms with Gasteiger partial charge in [0.15, 0.2) is 0 Å². The second-order valence-electron chi connectivity index (χ2n) is 3.43. The molecule has 0 atom stereocenters. The molecule has 0 aromatic carbocycles. The first-order valence-electron chi connectivity index (χ1n) is 6.72. The van der Waals surface area contributed by atoms with E-state index in [2.05, 4.69) is 50.0 Å². The molecule has 2 aliphatic carbocycles. The van der Waals surface area contributed by atoms with Crippen LogP contribution in [0, 0.1) is 13.0 Å². The van der Waals surface area contributed by atoms with Crippen molar-refractivity contribution in [1.82, 2.24) is 0 Å². The van der Waals surface area contributed by atoms with Crippen LogP contribution in [0.15, 0.2) is 55.2 Å². The molecule has 0 bridgehead atoms. The molecule has 0 heterocycles. The molecule has 0 spiro atoms. The van der Waals surface area contributed by atoms with E-state index in [-0.39, 0.29) is 33.6 Å². The van der Waals surface area contributed by atoms with Gasteiger partial charge in [-0.2, -0.15) is 6.08 Å². The van der Waals surface area contributed by atoms with Crippen molar-refractivity contribution in [3.05, 3.63) is 68.2 Å². The zero-order valence-electron chi connectivity index (χ0n) is 14.1. The monoisotopic (exact) mass is 422 g/mol. The van der Waals surface area contributed by atoms with Crippen LogP contribution in [0.2, 0.25) is 0 Å². The molecule has 0 N–H and O–H groups in total. The molecular weight excluding hydrogens is 394 g/mol. The molecule has 0 amide bonds. The Balaban J connectivity index is -0.0000000448. The maximum Gasteiger partial charge on any atom is 0.106 e. The van der Waals surface area contributed by atoms with Crippen LogP contribution in [0.3, 0.4) is 0 Å². The summed E-state index contributed by atoms with van der Waals surface area (Å²) in [5, 5.41) is 0. The van der Waals surface area contributed by atoms with Crippen LogP contribution in [0.4, 0.5) is 0 Å². The van der Waals surface area contributed by atoms with Crippen LogP contribution in [-0.2, 0) is 47.9 Å². The van der Waals surface area contributed by atoms with Gasteiger partial charge in [0, 0.05) is 33.6 Å². The fourth-order valence-corrected chi connectivity index (χ4v) is 1.21. The van der Waals surface area contributed by atoms with Crippen LogP contribution in [0.1, 0.15) is 32.1 Å². The molecule has 0 aromatic rings. The summed E-state index contributed by atoms with van der Waals surface area (Å²) in [6.07, 6.45) is 25.5. The molecule has 3 nitrogen and oxygen atoms in total. The molecule has 0 unspecified atom stereocenters. The first-order valence-corrected chi connectivity index (χ1v) is 6.72. The summed E-state index contributed by atoms with van der Waals surface area (Å²) >= 11 is 0. The molecule has 2 radical (unpaired) electrons. The summed E-state index contributed by atoms with van der Waals surface area (Å²) in [7, 11) is 0. The summed E-state index contributed by atoms with van der Waals surface area (Å²) in [5.41, 5.74) is 0. The number of hydrogen-bond acceptors (Lipinski definition) is 3. The molecule has 2 aliphatic rings. The normalized spacial score (nSPS) is 11.3. The van der Waals surface area contributed by atoms with Gasteiger partial charge in [0.05, 0.1) is 0 Å². The Morgan fingerprint density at radius 3 is 1.38 bits per heavy atom. The Labute approximate surface area is 168 Å². The standard InChI is InChI=1S/C8H12.C5H5.C3H5.3CH2O.2Co/c1-2-4-6-8-7-5-3-1;1-2-4-5-3-1;1-3-2;3*1-2;;/h1-4H,5-8H2;1-3H,4H2;3H,1-2H2;3*1H2;;/q;2*-1;;;;;. The summed E-state index contributed by atoms with van der Waals surface area (Å²) in [4.78, 5) is 24.0. The Kier molecular flexibility index (Phi) is 92.1. The van der Waals surface area contributed by atoms with Crippen molar-refractivity contribution < 1.29 is 47.9 Å². The van der Waals surface area contributed by atoms with Gasteiger partial charge in [-0.15, -0.1) is 6.42 Å². The van der Waals surface area contributed by atoms with Gasteiger partial charge in [-0.3, -0.25) is 6.08 Å². The van der Waals surface area contributed by atoms with Crippen molar-refractivity contribution in [1.29, 1.82) is 0 Å². The van der Waals surface area contributed by atoms with E-state index >= 15 is 0 Å². The van der Waals surface area contributed by atoms with E-state index in [0.29, 0.717) is 0 Å². The van der Waals surface area contributed by atoms with Gasteiger partial charge in [-0.25, -0.2) is 31.7 Å². The van der Waals surface area contributed by atoms with E-state index in [4.69, 9.17) is 14.4 Å². The topological polar surface area (TPSA) is 51.2 Å². The Morgan fingerprint density at radius 2 is 1.17 bits per heavy atom. The first-order chi connectivity index (χ1) is 10.9. The van der Waals surface area contributed by atoms with E-state index < -0.39 is 0 Å². The van der Waals surface area contributed by atoms with Gasteiger partial charge in [0.1, 0.15) is 20.4 Å². The quantitative estimate of drug-likeness (QED) is 0.543. The van der Waals surface area contributed by atoms with E-state index in [1.54, 1.807) is 0 Å². The molecular formula is C19H28Co2O3-2. The minimum Gasteiger partial charge on any atom is -0.307 e. The van der Waals surface area contributed by atoms with Gasteiger partial charge < -0.3 is 14.4 Å². The summed E-state index contributed by atoms with van der Waals surface area (Å²) in [6, 6.07) is 0. The Hall–Kier alpha value is -1.41. The smallest absolute Gasteiger partial charge is 0.106 e. The summed E-state index contributed by atoms with van der Waals surface area (Å²) in [5.74, 6) is 0. The third-order valence-electron chi connectivity index (χ3n) is 1.96. The minimum absolute atomic E-state index is 0. The molecule has 0 saturated carbocycles.